The fourth-order valence-corrected chi connectivity index (χ4v) is 3.50. The van der Waals surface area contributed by atoms with Gasteiger partial charge in [-0.2, -0.15) is 0 Å². The molecule has 3 atom stereocenters. The van der Waals surface area contributed by atoms with Crippen LogP contribution < -0.4 is 5.32 Å². The zero-order valence-corrected chi connectivity index (χ0v) is 13.3. The van der Waals surface area contributed by atoms with Gasteiger partial charge in [0.15, 0.2) is 0 Å². The Morgan fingerprint density at radius 3 is 2.76 bits per heavy atom. The summed E-state index contributed by atoms with van der Waals surface area (Å²) in [7, 11) is -3.18. The molecule has 0 aromatic heterocycles. The van der Waals surface area contributed by atoms with Gasteiger partial charge < -0.3 is 5.32 Å². The highest BCUT2D eigenvalue weighted by atomic mass is 35.5. The van der Waals surface area contributed by atoms with Gasteiger partial charge in [-0.1, -0.05) is 24.6 Å². The van der Waals surface area contributed by atoms with Crippen LogP contribution in [0.15, 0.2) is 18.2 Å². The Balaban J connectivity index is 1.92. The summed E-state index contributed by atoms with van der Waals surface area (Å²) in [5, 5.41) is 2.87. The van der Waals surface area contributed by atoms with Crippen LogP contribution in [-0.4, -0.2) is 32.4 Å². The van der Waals surface area contributed by atoms with Gasteiger partial charge in [0.1, 0.15) is 15.7 Å². The number of benzene rings is 1. The fourth-order valence-electron chi connectivity index (χ4n) is 2.32. The summed E-state index contributed by atoms with van der Waals surface area (Å²) in [5.74, 6) is -1.47. The van der Waals surface area contributed by atoms with Crippen molar-refractivity contribution in [2.24, 2.45) is 5.92 Å². The first-order valence-corrected chi connectivity index (χ1v) is 9.04. The van der Waals surface area contributed by atoms with Crippen LogP contribution in [0.25, 0.3) is 0 Å². The van der Waals surface area contributed by atoms with E-state index in [9.17, 15) is 17.6 Å². The van der Waals surface area contributed by atoms with Crippen LogP contribution in [0.4, 0.5) is 4.39 Å². The van der Waals surface area contributed by atoms with Crippen molar-refractivity contribution in [2.75, 3.05) is 12.0 Å². The van der Waals surface area contributed by atoms with Crippen LogP contribution in [0.3, 0.4) is 0 Å². The molecule has 7 heteroatoms. The van der Waals surface area contributed by atoms with Gasteiger partial charge in [0.25, 0.3) is 0 Å². The molecule has 116 valence electrons. The lowest BCUT2D eigenvalue weighted by atomic mass is 10.1. The van der Waals surface area contributed by atoms with Crippen molar-refractivity contribution in [1.82, 2.24) is 5.32 Å². The molecule has 0 radical (unpaired) electrons. The summed E-state index contributed by atoms with van der Waals surface area (Å²) in [4.78, 5) is 11.9. The van der Waals surface area contributed by atoms with Crippen molar-refractivity contribution in [3.63, 3.8) is 0 Å². The highest BCUT2D eigenvalue weighted by molar-refractivity contribution is 7.90. The standard InChI is InChI=1S/C14H17ClFNO3S/c1-8(7-21(2,19)20)14(18)17-13-6-10(13)9-3-4-11(15)12(16)5-9/h3-5,8,10,13H,6-7H2,1-2H3,(H,17,18)/t8-,10-,13+/m0/s1. The number of hydrogen-bond acceptors (Lipinski definition) is 3. The third-order valence-electron chi connectivity index (χ3n) is 3.49. The van der Waals surface area contributed by atoms with E-state index < -0.39 is 21.6 Å². The van der Waals surface area contributed by atoms with E-state index in [1.807, 2.05) is 0 Å². The molecule has 4 nitrogen and oxygen atoms in total. The van der Waals surface area contributed by atoms with Gasteiger partial charge in [-0.3, -0.25) is 4.79 Å². The van der Waals surface area contributed by atoms with Crippen LogP contribution in [0.5, 0.6) is 0 Å². The Bertz CT molecular complexity index is 662. The molecule has 0 spiro atoms. The summed E-state index contributed by atoms with van der Waals surface area (Å²) in [6, 6.07) is 4.54. The smallest absolute Gasteiger partial charge is 0.224 e. The molecule has 1 amide bonds. The number of carbonyl (C=O) groups is 1. The highest BCUT2D eigenvalue weighted by Crippen LogP contribution is 2.41. The topological polar surface area (TPSA) is 63.2 Å². The molecular weight excluding hydrogens is 317 g/mol. The monoisotopic (exact) mass is 333 g/mol. The van der Waals surface area contributed by atoms with E-state index in [1.54, 1.807) is 13.0 Å². The van der Waals surface area contributed by atoms with Gasteiger partial charge in [0, 0.05) is 24.1 Å². The van der Waals surface area contributed by atoms with Crippen LogP contribution in [0.2, 0.25) is 5.02 Å². The molecule has 1 aliphatic rings. The second kappa shape index (κ2) is 5.93. The van der Waals surface area contributed by atoms with Crippen molar-refractivity contribution in [3.8, 4) is 0 Å². The van der Waals surface area contributed by atoms with Crippen molar-refractivity contribution in [1.29, 1.82) is 0 Å². The molecule has 0 saturated heterocycles. The van der Waals surface area contributed by atoms with Gasteiger partial charge in [0.2, 0.25) is 5.91 Å². The molecule has 0 bridgehead atoms. The molecule has 1 N–H and O–H groups in total. The first-order valence-electron chi connectivity index (χ1n) is 6.60. The van der Waals surface area contributed by atoms with E-state index in [1.165, 1.54) is 12.1 Å². The van der Waals surface area contributed by atoms with Gasteiger partial charge in [-0.25, -0.2) is 12.8 Å². The Hall–Kier alpha value is -1.14. The Labute approximate surface area is 128 Å². The number of sulfone groups is 1. The first kappa shape index (κ1) is 16.2. The van der Waals surface area contributed by atoms with Gasteiger partial charge >= 0.3 is 0 Å². The number of carbonyl (C=O) groups excluding carboxylic acids is 1. The molecule has 2 rings (SSSR count). The molecule has 0 aliphatic heterocycles. The normalized spacial score (nSPS) is 22.7. The third-order valence-corrected chi connectivity index (χ3v) is 4.90. The van der Waals surface area contributed by atoms with Crippen molar-refractivity contribution < 1.29 is 17.6 Å². The summed E-state index contributed by atoms with van der Waals surface area (Å²) < 4.78 is 35.7. The quantitative estimate of drug-likeness (QED) is 0.898. The van der Waals surface area contributed by atoms with Crippen molar-refractivity contribution in [2.45, 2.75) is 25.3 Å². The van der Waals surface area contributed by atoms with Crippen LogP contribution >= 0.6 is 11.6 Å². The van der Waals surface area contributed by atoms with Crippen LogP contribution in [0, 0.1) is 11.7 Å². The van der Waals surface area contributed by atoms with Crippen LogP contribution in [-0.2, 0) is 14.6 Å². The molecule has 1 aromatic carbocycles. The Morgan fingerprint density at radius 1 is 1.52 bits per heavy atom. The predicted octanol–water partition coefficient (Wildman–Crippen LogP) is 2.13. The van der Waals surface area contributed by atoms with E-state index in [2.05, 4.69) is 5.32 Å². The number of halogens is 2. The maximum Gasteiger partial charge on any atom is 0.224 e. The van der Waals surface area contributed by atoms with E-state index in [0.717, 1.165) is 18.2 Å². The van der Waals surface area contributed by atoms with Crippen LogP contribution in [0.1, 0.15) is 24.8 Å². The Morgan fingerprint density at radius 2 is 2.19 bits per heavy atom. The summed E-state index contributed by atoms with van der Waals surface area (Å²) in [6.07, 6.45) is 1.83. The van der Waals surface area contributed by atoms with E-state index in [-0.39, 0.29) is 28.6 Å². The van der Waals surface area contributed by atoms with E-state index in [0.29, 0.717) is 0 Å². The highest BCUT2D eigenvalue weighted by Gasteiger charge is 2.40. The molecule has 1 fully saturated rings. The SMILES string of the molecule is C[C@@H](CS(C)(=O)=O)C(=O)N[C@@H]1C[C@H]1c1ccc(Cl)c(F)c1. The van der Waals surface area contributed by atoms with Crippen molar-refractivity contribution in [3.05, 3.63) is 34.6 Å². The zero-order chi connectivity index (χ0) is 15.8. The number of hydrogen-bond donors (Lipinski definition) is 1. The average Bonchev–Trinajstić information content (AvgIpc) is 3.09. The summed E-state index contributed by atoms with van der Waals surface area (Å²) in [5.41, 5.74) is 0.790. The second-order valence-corrected chi connectivity index (χ2v) is 8.22. The molecule has 0 heterocycles. The van der Waals surface area contributed by atoms with Crippen molar-refractivity contribution >= 4 is 27.3 Å². The minimum atomic E-state index is -3.18. The lowest BCUT2D eigenvalue weighted by molar-refractivity contribution is -0.124. The average molecular weight is 334 g/mol. The van der Waals surface area contributed by atoms with Gasteiger partial charge in [-0.05, 0) is 24.1 Å². The van der Waals surface area contributed by atoms with E-state index in [4.69, 9.17) is 11.6 Å². The second-order valence-electron chi connectivity index (χ2n) is 5.62. The molecule has 21 heavy (non-hydrogen) atoms. The van der Waals surface area contributed by atoms with E-state index >= 15 is 0 Å². The lowest BCUT2D eigenvalue weighted by Crippen LogP contribution is -2.34. The molecule has 1 aromatic rings. The third kappa shape index (κ3) is 4.41. The number of nitrogens with one attached hydrogen (secondary N) is 1. The summed E-state index contributed by atoms with van der Waals surface area (Å²) >= 11 is 5.63. The molecule has 1 saturated carbocycles. The lowest BCUT2D eigenvalue weighted by Gasteiger charge is -2.11. The maximum atomic E-state index is 13.4. The largest absolute Gasteiger partial charge is 0.352 e. The molecular formula is C14H17ClFNO3S. The zero-order valence-electron chi connectivity index (χ0n) is 11.8. The minimum absolute atomic E-state index is 0.0613. The minimum Gasteiger partial charge on any atom is -0.352 e. The molecule has 0 unspecified atom stereocenters. The predicted molar refractivity (Wildman–Crippen MR) is 79.6 cm³/mol. The first-order chi connectivity index (χ1) is 9.67. The summed E-state index contributed by atoms with van der Waals surface area (Å²) in [6.45, 7) is 1.58. The number of rotatable bonds is 5. The maximum absolute atomic E-state index is 13.4. The van der Waals surface area contributed by atoms with Gasteiger partial charge in [0.05, 0.1) is 10.8 Å². The van der Waals surface area contributed by atoms with Gasteiger partial charge in [-0.15, -0.1) is 0 Å². The molecule has 1 aliphatic carbocycles. The fraction of sp³-hybridized carbons (Fsp3) is 0.500. The Kier molecular flexibility index (Phi) is 4.58. The number of amides is 1.